The number of rotatable bonds is 7. The number of nitrogens with one attached hydrogen (secondary N) is 2. The first-order valence-electron chi connectivity index (χ1n) is 12.8. The summed E-state index contributed by atoms with van der Waals surface area (Å²) in [4.78, 5) is 8.46. The van der Waals surface area contributed by atoms with Crippen LogP contribution in [-0.4, -0.2) is 38.7 Å². The van der Waals surface area contributed by atoms with Crippen LogP contribution in [0.1, 0.15) is 72.3 Å². The van der Waals surface area contributed by atoms with E-state index in [0.29, 0.717) is 18.7 Å². The molecule has 0 atom stereocenters. The number of aromatic nitrogens is 3. The Morgan fingerprint density at radius 2 is 1.27 bits per heavy atom. The van der Waals surface area contributed by atoms with E-state index in [4.69, 9.17) is 0 Å². The van der Waals surface area contributed by atoms with Crippen LogP contribution in [0.4, 0.5) is 13.2 Å². The number of halogens is 3. The Morgan fingerprint density at radius 3 is 1.73 bits per heavy atom. The molecule has 0 saturated heterocycles. The van der Waals surface area contributed by atoms with Gasteiger partial charge in [0.05, 0.1) is 5.56 Å². The van der Waals surface area contributed by atoms with Gasteiger partial charge in [-0.15, -0.1) is 0 Å². The molecular weight excluding hydrogens is 475 g/mol. The zero-order valence-electron chi connectivity index (χ0n) is 23.6. The van der Waals surface area contributed by atoms with Crippen LogP contribution >= 0.6 is 0 Å². The number of nitrogens with zero attached hydrogens (tertiary/aromatic N) is 3. The molecule has 3 heterocycles. The van der Waals surface area contributed by atoms with E-state index in [1.165, 1.54) is 6.07 Å². The summed E-state index contributed by atoms with van der Waals surface area (Å²) in [5.41, 5.74) is 1.25. The van der Waals surface area contributed by atoms with E-state index in [-0.39, 0.29) is 11.1 Å². The maximum atomic E-state index is 12.3. The van der Waals surface area contributed by atoms with Gasteiger partial charge in [-0.25, -0.2) is 4.98 Å². The van der Waals surface area contributed by atoms with Crippen molar-refractivity contribution in [2.24, 2.45) is 0 Å². The van der Waals surface area contributed by atoms with E-state index in [9.17, 15) is 13.2 Å². The van der Waals surface area contributed by atoms with Crippen molar-refractivity contribution in [3.05, 3.63) is 78.0 Å². The van der Waals surface area contributed by atoms with Gasteiger partial charge in [-0.3, -0.25) is 4.98 Å². The first kappa shape index (κ1) is 32.3. The van der Waals surface area contributed by atoms with Gasteiger partial charge in [0, 0.05) is 67.0 Å². The van der Waals surface area contributed by atoms with Crippen LogP contribution < -0.4 is 10.6 Å². The Balaban J connectivity index is 0.000000348. The molecule has 3 aromatic rings. The molecule has 0 saturated carbocycles. The lowest BCUT2D eigenvalue weighted by molar-refractivity contribution is -0.137. The fourth-order valence-electron chi connectivity index (χ4n) is 3.11. The Hall–Kier alpha value is -2.71. The summed E-state index contributed by atoms with van der Waals surface area (Å²) < 4.78 is 38.9. The molecule has 0 unspecified atom stereocenters. The predicted molar refractivity (Wildman–Crippen MR) is 147 cm³/mol. The highest BCUT2D eigenvalue weighted by molar-refractivity contribution is 5.25. The number of pyridine rings is 2. The van der Waals surface area contributed by atoms with E-state index in [0.717, 1.165) is 36.7 Å². The molecule has 3 rings (SSSR count). The fourth-order valence-corrected chi connectivity index (χ4v) is 3.11. The lowest BCUT2D eigenvalue weighted by Crippen LogP contribution is -2.37. The van der Waals surface area contributed by atoms with Crippen molar-refractivity contribution in [2.45, 2.75) is 85.5 Å². The van der Waals surface area contributed by atoms with E-state index in [1.807, 2.05) is 69.8 Å². The van der Waals surface area contributed by atoms with Crippen LogP contribution in [0.25, 0.3) is 5.82 Å². The van der Waals surface area contributed by atoms with E-state index in [1.54, 1.807) is 0 Å². The molecule has 3 aromatic heterocycles. The van der Waals surface area contributed by atoms with Crippen LogP contribution in [0.5, 0.6) is 0 Å². The maximum absolute atomic E-state index is 12.3. The zero-order chi connectivity index (χ0) is 28.1. The predicted octanol–water partition coefficient (Wildman–Crippen LogP) is 6.86. The summed E-state index contributed by atoms with van der Waals surface area (Å²) in [6.45, 7) is 18.3. The Bertz CT molecular complexity index is 1000. The van der Waals surface area contributed by atoms with Gasteiger partial charge in [0.25, 0.3) is 0 Å². The average Bonchev–Trinajstić information content (AvgIpc) is 3.34. The summed E-state index contributed by atoms with van der Waals surface area (Å²) in [7, 11) is 0. The molecule has 8 heteroatoms. The third-order valence-corrected chi connectivity index (χ3v) is 4.89. The molecule has 2 N–H and O–H groups in total. The quantitative estimate of drug-likeness (QED) is 0.358. The summed E-state index contributed by atoms with van der Waals surface area (Å²) >= 11 is 0. The number of hydrogen-bond acceptors (Lipinski definition) is 4. The van der Waals surface area contributed by atoms with Gasteiger partial charge < -0.3 is 15.2 Å². The molecule has 0 aliphatic carbocycles. The Labute approximate surface area is 220 Å². The smallest absolute Gasteiger partial charge is 0.312 e. The van der Waals surface area contributed by atoms with Crippen molar-refractivity contribution in [3.8, 4) is 5.82 Å². The van der Waals surface area contributed by atoms with Crippen LogP contribution in [-0.2, 0) is 19.0 Å². The lowest BCUT2D eigenvalue weighted by Gasteiger charge is -2.20. The van der Waals surface area contributed by atoms with Crippen molar-refractivity contribution in [1.82, 2.24) is 25.2 Å². The first-order chi connectivity index (χ1) is 17.2. The minimum absolute atomic E-state index is 0.00586. The number of alkyl halides is 3. The van der Waals surface area contributed by atoms with Crippen molar-refractivity contribution in [3.63, 3.8) is 0 Å². The largest absolute Gasteiger partial charge is 0.417 e. The molecule has 0 fully saturated rings. The summed E-state index contributed by atoms with van der Waals surface area (Å²) in [5, 5.41) is 6.73. The molecule has 0 amide bonds. The molecule has 0 radical (unpaired) electrons. The normalized spacial score (nSPS) is 11.8. The monoisotopic (exact) mass is 519 g/mol. The second-order valence-electron chi connectivity index (χ2n) is 10.5. The van der Waals surface area contributed by atoms with Gasteiger partial charge in [0.1, 0.15) is 5.82 Å². The van der Waals surface area contributed by atoms with Crippen LogP contribution in [0, 0.1) is 0 Å². The lowest BCUT2D eigenvalue weighted by atomic mass is 10.1. The van der Waals surface area contributed by atoms with E-state index >= 15 is 0 Å². The van der Waals surface area contributed by atoms with Crippen molar-refractivity contribution in [2.75, 3.05) is 13.1 Å². The van der Waals surface area contributed by atoms with Gasteiger partial charge in [0.2, 0.25) is 0 Å². The SMILES string of the molecule is CC.CC(C)(C)NCCc1ccc(C(F)(F)F)cn1.CC(C)(C)NCCc1cccc(-n2cccc2)n1. The fraction of sp³-hybridized carbons (Fsp3) is 0.517. The van der Waals surface area contributed by atoms with Crippen LogP contribution in [0.3, 0.4) is 0 Å². The van der Waals surface area contributed by atoms with Crippen LogP contribution in [0.2, 0.25) is 0 Å². The summed E-state index contributed by atoms with van der Waals surface area (Å²) in [5.74, 6) is 0.980. The van der Waals surface area contributed by atoms with E-state index in [2.05, 4.69) is 53.5 Å². The third-order valence-electron chi connectivity index (χ3n) is 4.89. The zero-order valence-corrected chi connectivity index (χ0v) is 23.6. The van der Waals surface area contributed by atoms with Gasteiger partial charge in [0.15, 0.2) is 0 Å². The highest BCUT2D eigenvalue weighted by atomic mass is 19.4. The Kier molecular flexibility index (Phi) is 13.0. The molecule has 0 aliphatic heterocycles. The van der Waals surface area contributed by atoms with Gasteiger partial charge in [-0.1, -0.05) is 19.9 Å². The summed E-state index contributed by atoms with van der Waals surface area (Å²) in [6.07, 6.45) is 2.17. The minimum atomic E-state index is -4.31. The number of hydrogen-bond donors (Lipinski definition) is 2. The third kappa shape index (κ3) is 14.0. The summed E-state index contributed by atoms with van der Waals surface area (Å²) in [6, 6.07) is 12.7. The first-order valence-corrected chi connectivity index (χ1v) is 12.8. The minimum Gasteiger partial charge on any atom is -0.312 e. The molecule has 37 heavy (non-hydrogen) atoms. The molecular formula is C29H44F3N5. The highest BCUT2D eigenvalue weighted by Crippen LogP contribution is 2.28. The maximum Gasteiger partial charge on any atom is 0.417 e. The second kappa shape index (κ2) is 14.9. The molecule has 0 bridgehead atoms. The molecule has 0 aliphatic rings. The topological polar surface area (TPSA) is 54.8 Å². The highest BCUT2D eigenvalue weighted by Gasteiger charge is 2.30. The van der Waals surface area contributed by atoms with Crippen molar-refractivity contribution >= 4 is 0 Å². The molecule has 5 nitrogen and oxygen atoms in total. The van der Waals surface area contributed by atoms with Crippen molar-refractivity contribution in [1.29, 1.82) is 0 Å². The standard InChI is InChI=1S/C15H21N3.C12H17F3N2.C2H6/c1-15(2,3)16-10-9-13-7-6-8-14(17-13)18-11-4-5-12-18;1-11(2,3)17-7-6-10-5-4-9(8-16-10)12(13,14)15;1-2/h4-8,11-12,16H,9-10H2,1-3H3;4-5,8,17H,6-7H2,1-3H3;1-2H3. The van der Waals surface area contributed by atoms with Crippen LogP contribution in [0.15, 0.2) is 61.1 Å². The van der Waals surface area contributed by atoms with E-state index < -0.39 is 11.7 Å². The second-order valence-corrected chi connectivity index (χ2v) is 10.5. The van der Waals surface area contributed by atoms with Gasteiger partial charge in [-0.05, 0) is 77.9 Å². The molecule has 0 spiro atoms. The van der Waals surface area contributed by atoms with Gasteiger partial charge in [-0.2, -0.15) is 13.2 Å². The molecule has 0 aromatic carbocycles. The molecule has 206 valence electrons. The Morgan fingerprint density at radius 1 is 0.730 bits per heavy atom. The van der Waals surface area contributed by atoms with Crippen molar-refractivity contribution < 1.29 is 13.2 Å². The van der Waals surface area contributed by atoms with Gasteiger partial charge >= 0.3 is 6.18 Å². The average molecular weight is 520 g/mol.